The van der Waals surface area contributed by atoms with Crippen LogP contribution >= 0.6 is 0 Å². The number of hydrogen-bond acceptors (Lipinski definition) is 2. The molecular formula is C13H17NO. The van der Waals surface area contributed by atoms with Crippen LogP contribution in [-0.2, 0) is 11.4 Å². The van der Waals surface area contributed by atoms with Crippen molar-refractivity contribution >= 4 is 6.21 Å². The third kappa shape index (κ3) is 2.82. The Hall–Kier alpha value is -1.31. The average Bonchev–Trinajstić information content (AvgIpc) is 2.17. The van der Waals surface area contributed by atoms with Gasteiger partial charge in [0, 0.05) is 6.21 Å². The standard InChI is InChI=1S/C13H17NO/c1-11-5-2-3-8-13(11)10-15-14-9-12-6-4-7-12/h2-3,5,8-9,12H,4,6-7,10H2,1H3. The highest BCUT2D eigenvalue weighted by atomic mass is 16.6. The van der Waals surface area contributed by atoms with E-state index in [-0.39, 0.29) is 0 Å². The molecule has 2 rings (SSSR count). The summed E-state index contributed by atoms with van der Waals surface area (Å²) in [6.45, 7) is 2.67. The van der Waals surface area contributed by atoms with E-state index in [1.165, 1.54) is 30.4 Å². The summed E-state index contributed by atoms with van der Waals surface area (Å²) in [7, 11) is 0. The lowest BCUT2D eigenvalue weighted by molar-refractivity contribution is 0.129. The van der Waals surface area contributed by atoms with Crippen LogP contribution in [0.4, 0.5) is 0 Å². The summed E-state index contributed by atoms with van der Waals surface area (Å²) in [5.74, 6) is 0.668. The van der Waals surface area contributed by atoms with Crippen molar-refractivity contribution in [3.05, 3.63) is 35.4 Å². The van der Waals surface area contributed by atoms with E-state index in [2.05, 4.69) is 24.2 Å². The minimum atomic E-state index is 0.579. The fraction of sp³-hybridized carbons (Fsp3) is 0.462. The molecule has 0 spiro atoms. The van der Waals surface area contributed by atoms with Gasteiger partial charge in [-0.05, 0) is 36.8 Å². The van der Waals surface area contributed by atoms with Crippen molar-refractivity contribution in [2.75, 3.05) is 0 Å². The van der Waals surface area contributed by atoms with Crippen LogP contribution in [0.25, 0.3) is 0 Å². The second-order valence-corrected chi connectivity index (χ2v) is 4.15. The van der Waals surface area contributed by atoms with Gasteiger partial charge in [0.25, 0.3) is 0 Å². The van der Waals surface area contributed by atoms with E-state index in [1.807, 2.05) is 18.3 Å². The molecule has 0 saturated heterocycles. The van der Waals surface area contributed by atoms with E-state index >= 15 is 0 Å². The van der Waals surface area contributed by atoms with E-state index in [0.29, 0.717) is 12.5 Å². The molecule has 2 nitrogen and oxygen atoms in total. The van der Waals surface area contributed by atoms with Crippen molar-refractivity contribution in [3.63, 3.8) is 0 Å². The molecule has 0 aromatic heterocycles. The zero-order valence-corrected chi connectivity index (χ0v) is 9.15. The van der Waals surface area contributed by atoms with Crippen LogP contribution in [0, 0.1) is 12.8 Å². The Morgan fingerprint density at radius 1 is 1.40 bits per heavy atom. The van der Waals surface area contributed by atoms with Gasteiger partial charge in [-0.2, -0.15) is 0 Å². The predicted octanol–water partition coefficient (Wildman–Crippen LogP) is 3.30. The Bertz CT molecular complexity index is 342. The zero-order chi connectivity index (χ0) is 10.5. The summed E-state index contributed by atoms with van der Waals surface area (Å²) in [6, 6.07) is 8.24. The van der Waals surface area contributed by atoms with Crippen LogP contribution in [0.3, 0.4) is 0 Å². The molecule has 1 aliphatic carbocycles. The zero-order valence-electron chi connectivity index (χ0n) is 9.15. The Balaban J connectivity index is 1.77. The van der Waals surface area contributed by atoms with Gasteiger partial charge < -0.3 is 4.84 Å². The number of oxime groups is 1. The van der Waals surface area contributed by atoms with Gasteiger partial charge in [0.1, 0.15) is 6.61 Å². The van der Waals surface area contributed by atoms with Gasteiger partial charge in [-0.1, -0.05) is 35.8 Å². The first-order chi connectivity index (χ1) is 7.36. The maximum absolute atomic E-state index is 5.28. The van der Waals surface area contributed by atoms with Crippen LogP contribution in [-0.4, -0.2) is 6.21 Å². The number of benzene rings is 1. The summed E-state index contributed by atoms with van der Waals surface area (Å²) in [5.41, 5.74) is 2.47. The SMILES string of the molecule is Cc1ccccc1CON=CC1CCC1. The quantitative estimate of drug-likeness (QED) is 0.543. The third-order valence-electron chi connectivity index (χ3n) is 2.98. The van der Waals surface area contributed by atoms with Crippen molar-refractivity contribution in [3.8, 4) is 0 Å². The number of nitrogens with zero attached hydrogens (tertiary/aromatic N) is 1. The molecule has 2 heteroatoms. The molecule has 0 aliphatic heterocycles. The van der Waals surface area contributed by atoms with Crippen molar-refractivity contribution in [2.45, 2.75) is 32.8 Å². The van der Waals surface area contributed by atoms with Crippen LogP contribution in [0.1, 0.15) is 30.4 Å². The van der Waals surface area contributed by atoms with Crippen molar-refractivity contribution in [1.82, 2.24) is 0 Å². The molecule has 0 heterocycles. The Morgan fingerprint density at radius 3 is 2.87 bits per heavy atom. The molecule has 0 atom stereocenters. The maximum atomic E-state index is 5.28. The highest BCUT2D eigenvalue weighted by Crippen LogP contribution is 2.24. The monoisotopic (exact) mass is 203 g/mol. The van der Waals surface area contributed by atoms with Gasteiger partial charge in [0.15, 0.2) is 0 Å². The summed E-state index contributed by atoms with van der Waals surface area (Å²) >= 11 is 0. The highest BCUT2D eigenvalue weighted by molar-refractivity contribution is 5.60. The van der Waals surface area contributed by atoms with Crippen LogP contribution < -0.4 is 0 Å². The van der Waals surface area contributed by atoms with Gasteiger partial charge in [0.05, 0.1) is 0 Å². The number of rotatable bonds is 4. The average molecular weight is 203 g/mol. The van der Waals surface area contributed by atoms with E-state index in [1.54, 1.807) is 0 Å². The molecule has 1 aromatic rings. The Labute approximate surface area is 90.9 Å². The minimum absolute atomic E-state index is 0.579. The topological polar surface area (TPSA) is 21.6 Å². The molecule has 80 valence electrons. The van der Waals surface area contributed by atoms with Gasteiger partial charge in [0.2, 0.25) is 0 Å². The Kier molecular flexibility index (Phi) is 3.38. The van der Waals surface area contributed by atoms with Crippen LogP contribution in [0.2, 0.25) is 0 Å². The van der Waals surface area contributed by atoms with E-state index < -0.39 is 0 Å². The van der Waals surface area contributed by atoms with Gasteiger partial charge >= 0.3 is 0 Å². The smallest absolute Gasteiger partial charge is 0.142 e. The maximum Gasteiger partial charge on any atom is 0.142 e. The largest absolute Gasteiger partial charge is 0.391 e. The molecule has 1 saturated carbocycles. The first-order valence-electron chi connectivity index (χ1n) is 5.56. The summed E-state index contributed by atoms with van der Waals surface area (Å²) in [6.07, 6.45) is 5.84. The van der Waals surface area contributed by atoms with Gasteiger partial charge in [-0.25, -0.2) is 0 Å². The fourth-order valence-corrected chi connectivity index (χ4v) is 1.60. The molecule has 0 amide bonds. The first kappa shape index (κ1) is 10.2. The Morgan fingerprint density at radius 2 is 2.20 bits per heavy atom. The second-order valence-electron chi connectivity index (χ2n) is 4.15. The summed E-state index contributed by atoms with van der Waals surface area (Å²) in [4.78, 5) is 5.28. The van der Waals surface area contributed by atoms with Crippen molar-refractivity contribution in [1.29, 1.82) is 0 Å². The van der Waals surface area contributed by atoms with E-state index in [0.717, 1.165) is 0 Å². The minimum Gasteiger partial charge on any atom is -0.391 e. The molecule has 0 radical (unpaired) electrons. The lowest BCUT2D eigenvalue weighted by Crippen LogP contribution is -2.11. The van der Waals surface area contributed by atoms with E-state index in [9.17, 15) is 0 Å². The van der Waals surface area contributed by atoms with Crippen molar-refractivity contribution in [2.24, 2.45) is 11.1 Å². The van der Waals surface area contributed by atoms with Crippen LogP contribution in [0.5, 0.6) is 0 Å². The highest BCUT2D eigenvalue weighted by Gasteiger charge is 2.14. The third-order valence-corrected chi connectivity index (χ3v) is 2.98. The second kappa shape index (κ2) is 4.96. The lowest BCUT2D eigenvalue weighted by atomic mass is 9.87. The molecule has 15 heavy (non-hydrogen) atoms. The predicted molar refractivity (Wildman–Crippen MR) is 61.8 cm³/mol. The number of hydrogen-bond donors (Lipinski definition) is 0. The molecule has 0 bridgehead atoms. The van der Waals surface area contributed by atoms with Gasteiger partial charge in [-0.3, -0.25) is 0 Å². The molecule has 1 aromatic carbocycles. The first-order valence-corrected chi connectivity index (χ1v) is 5.56. The lowest BCUT2D eigenvalue weighted by Gasteiger charge is -2.19. The fourth-order valence-electron chi connectivity index (χ4n) is 1.60. The molecule has 1 fully saturated rings. The normalized spacial score (nSPS) is 16.6. The van der Waals surface area contributed by atoms with E-state index in [4.69, 9.17) is 4.84 Å². The summed E-state index contributed by atoms with van der Waals surface area (Å²) in [5, 5.41) is 4.00. The molecule has 1 aliphatic rings. The number of aryl methyl sites for hydroxylation is 1. The van der Waals surface area contributed by atoms with Gasteiger partial charge in [-0.15, -0.1) is 0 Å². The van der Waals surface area contributed by atoms with Crippen molar-refractivity contribution < 1.29 is 4.84 Å². The molecule has 0 N–H and O–H groups in total. The molecular weight excluding hydrogens is 186 g/mol. The summed E-state index contributed by atoms with van der Waals surface area (Å²) < 4.78 is 0. The van der Waals surface area contributed by atoms with Crippen LogP contribution in [0.15, 0.2) is 29.4 Å². The molecule has 0 unspecified atom stereocenters.